The van der Waals surface area contributed by atoms with Gasteiger partial charge >= 0.3 is 7.60 Å². The molecular formula is C14H14NO7PS. The summed E-state index contributed by atoms with van der Waals surface area (Å²) in [5.41, 5.74) is -0.769. The lowest BCUT2D eigenvalue weighted by molar-refractivity contribution is -0.385. The van der Waals surface area contributed by atoms with Gasteiger partial charge in [-0.25, -0.2) is 0 Å². The maximum absolute atomic E-state index is 11.3. The van der Waals surface area contributed by atoms with Crippen molar-refractivity contribution < 1.29 is 29.1 Å². The highest BCUT2D eigenvalue weighted by molar-refractivity contribution is 7.98. The predicted molar refractivity (Wildman–Crippen MR) is 88.4 cm³/mol. The number of hydrogen-bond donors (Lipinski definition) is 3. The van der Waals surface area contributed by atoms with E-state index in [0.717, 1.165) is 17.0 Å². The third-order valence-electron chi connectivity index (χ3n) is 3.09. The minimum absolute atomic E-state index is 0.0756. The quantitative estimate of drug-likeness (QED) is 0.305. The van der Waals surface area contributed by atoms with Crippen LogP contribution in [0.25, 0.3) is 0 Å². The number of hydrogen-bond acceptors (Lipinski definition) is 6. The maximum Gasteiger partial charge on any atom is 0.358 e. The predicted octanol–water partition coefficient (Wildman–Crippen LogP) is 3.28. The molecule has 0 aliphatic rings. The number of benzene rings is 2. The lowest BCUT2D eigenvalue weighted by Gasteiger charge is -2.17. The largest absolute Gasteiger partial charge is 0.457 e. The summed E-state index contributed by atoms with van der Waals surface area (Å²) < 4.78 is 16.8. The van der Waals surface area contributed by atoms with Gasteiger partial charge in [0, 0.05) is 22.6 Å². The van der Waals surface area contributed by atoms with Crippen LogP contribution in [0.5, 0.6) is 11.5 Å². The molecule has 0 spiro atoms. The van der Waals surface area contributed by atoms with Crippen LogP contribution in [0.2, 0.25) is 0 Å². The van der Waals surface area contributed by atoms with Crippen molar-refractivity contribution in [3.05, 3.63) is 58.1 Å². The SMILES string of the molecule is CSc1ccc(Oc2ccc([N+](=O)[O-])cc2C(O)P(=O)(O)O)cc1. The van der Waals surface area contributed by atoms with Crippen molar-refractivity contribution in [1.82, 2.24) is 0 Å². The van der Waals surface area contributed by atoms with E-state index in [0.29, 0.717) is 5.75 Å². The van der Waals surface area contributed by atoms with E-state index in [-0.39, 0.29) is 11.3 Å². The summed E-state index contributed by atoms with van der Waals surface area (Å²) in [6.45, 7) is 0. The van der Waals surface area contributed by atoms with Gasteiger partial charge in [0.15, 0.2) is 5.85 Å². The maximum atomic E-state index is 11.3. The number of aliphatic hydroxyl groups is 1. The van der Waals surface area contributed by atoms with Crippen LogP contribution in [0.3, 0.4) is 0 Å². The molecule has 2 aromatic carbocycles. The molecule has 8 nitrogen and oxygen atoms in total. The molecule has 0 heterocycles. The Morgan fingerprint density at radius 3 is 2.33 bits per heavy atom. The standard InChI is InChI=1S/C14H14NO7PS/c1-24-11-5-3-10(4-6-11)22-13-7-2-9(15(17)18)8-12(13)14(16)23(19,20)21/h2-8,14,16H,1H3,(H2,19,20,21). The van der Waals surface area contributed by atoms with Crippen molar-refractivity contribution in [2.45, 2.75) is 10.7 Å². The molecule has 0 saturated heterocycles. The molecule has 0 fully saturated rings. The van der Waals surface area contributed by atoms with Gasteiger partial charge in [-0.3, -0.25) is 14.7 Å². The fourth-order valence-electron chi connectivity index (χ4n) is 1.90. The van der Waals surface area contributed by atoms with Gasteiger partial charge in [0.25, 0.3) is 5.69 Å². The third-order valence-corrected chi connectivity index (χ3v) is 4.75. The van der Waals surface area contributed by atoms with E-state index in [1.807, 2.05) is 6.26 Å². The second-order valence-corrected chi connectivity index (χ2v) is 7.27. The monoisotopic (exact) mass is 371 g/mol. The number of nitro benzene ring substituents is 1. The van der Waals surface area contributed by atoms with Gasteiger partial charge in [0.1, 0.15) is 11.5 Å². The summed E-state index contributed by atoms with van der Waals surface area (Å²) in [6, 6.07) is 10.0. The minimum Gasteiger partial charge on any atom is -0.457 e. The molecule has 24 heavy (non-hydrogen) atoms. The molecule has 0 aromatic heterocycles. The molecule has 1 unspecified atom stereocenters. The first-order valence-corrected chi connectivity index (χ1v) is 9.46. The highest BCUT2D eigenvalue weighted by Gasteiger charge is 2.32. The Balaban J connectivity index is 2.43. The van der Waals surface area contributed by atoms with Crippen molar-refractivity contribution in [1.29, 1.82) is 0 Å². The van der Waals surface area contributed by atoms with Crippen LogP contribution in [0, 0.1) is 10.1 Å². The molecule has 10 heteroatoms. The molecule has 0 bridgehead atoms. The number of nitrogens with zero attached hydrogens (tertiary/aromatic N) is 1. The van der Waals surface area contributed by atoms with Crippen LogP contribution in [0.15, 0.2) is 47.4 Å². The number of ether oxygens (including phenoxy) is 1. The van der Waals surface area contributed by atoms with E-state index in [1.54, 1.807) is 24.3 Å². The lowest BCUT2D eigenvalue weighted by atomic mass is 10.2. The Kier molecular flexibility index (Phi) is 5.63. The summed E-state index contributed by atoms with van der Waals surface area (Å²) in [4.78, 5) is 29.4. The van der Waals surface area contributed by atoms with E-state index in [1.165, 1.54) is 17.8 Å². The number of aliphatic hydroxyl groups excluding tert-OH is 1. The summed E-state index contributed by atoms with van der Waals surface area (Å²) in [5, 5.41) is 20.7. The number of nitro groups is 1. The summed E-state index contributed by atoms with van der Waals surface area (Å²) in [6.07, 6.45) is 1.90. The molecule has 0 amide bonds. The fraction of sp³-hybridized carbons (Fsp3) is 0.143. The molecule has 3 N–H and O–H groups in total. The van der Waals surface area contributed by atoms with Crippen LogP contribution in [0.4, 0.5) is 5.69 Å². The Hall–Kier alpha value is -1.90. The van der Waals surface area contributed by atoms with Gasteiger partial charge in [0.2, 0.25) is 0 Å². The van der Waals surface area contributed by atoms with Gasteiger partial charge in [-0.15, -0.1) is 11.8 Å². The van der Waals surface area contributed by atoms with E-state index in [2.05, 4.69) is 0 Å². The highest BCUT2D eigenvalue weighted by atomic mass is 32.2. The summed E-state index contributed by atoms with van der Waals surface area (Å²) in [7, 11) is -4.92. The Morgan fingerprint density at radius 2 is 1.83 bits per heavy atom. The second kappa shape index (κ2) is 7.33. The lowest BCUT2D eigenvalue weighted by Crippen LogP contribution is -2.02. The van der Waals surface area contributed by atoms with Gasteiger partial charge in [-0.05, 0) is 36.6 Å². The average Bonchev–Trinajstić information content (AvgIpc) is 2.54. The van der Waals surface area contributed by atoms with Crippen molar-refractivity contribution in [2.75, 3.05) is 6.26 Å². The first-order valence-electron chi connectivity index (χ1n) is 6.56. The average molecular weight is 371 g/mol. The van der Waals surface area contributed by atoms with Gasteiger partial charge in [-0.2, -0.15) is 0 Å². The van der Waals surface area contributed by atoms with E-state index >= 15 is 0 Å². The fourth-order valence-corrected chi connectivity index (χ4v) is 2.87. The van der Waals surface area contributed by atoms with Crippen molar-refractivity contribution in [2.24, 2.45) is 0 Å². The zero-order valence-corrected chi connectivity index (χ0v) is 14.1. The first-order chi connectivity index (χ1) is 11.2. The van der Waals surface area contributed by atoms with Gasteiger partial charge in [-0.1, -0.05) is 0 Å². The summed E-state index contributed by atoms with van der Waals surface area (Å²) >= 11 is 1.53. The number of thioether (sulfide) groups is 1. The second-order valence-electron chi connectivity index (χ2n) is 4.72. The highest BCUT2D eigenvalue weighted by Crippen LogP contribution is 2.52. The topological polar surface area (TPSA) is 130 Å². The van der Waals surface area contributed by atoms with Crippen molar-refractivity contribution in [3.63, 3.8) is 0 Å². The molecule has 2 rings (SSSR count). The minimum atomic E-state index is -4.92. The summed E-state index contributed by atoms with van der Waals surface area (Å²) in [5.74, 6) is -1.94. The van der Waals surface area contributed by atoms with Gasteiger partial charge < -0.3 is 19.6 Å². The Bertz CT molecular complexity index is 790. The molecule has 2 aromatic rings. The zero-order valence-electron chi connectivity index (χ0n) is 12.4. The third kappa shape index (κ3) is 4.34. The van der Waals surface area contributed by atoms with E-state index < -0.39 is 24.1 Å². The van der Waals surface area contributed by atoms with Crippen LogP contribution >= 0.6 is 19.4 Å². The normalized spacial score (nSPS) is 12.7. The smallest absolute Gasteiger partial charge is 0.358 e. The number of rotatable bonds is 6. The molecule has 0 radical (unpaired) electrons. The van der Waals surface area contributed by atoms with E-state index in [9.17, 15) is 19.8 Å². The first kappa shape index (κ1) is 18.4. The molecule has 0 aliphatic carbocycles. The Morgan fingerprint density at radius 1 is 1.21 bits per heavy atom. The zero-order chi connectivity index (χ0) is 17.9. The Labute approximate surface area is 141 Å². The van der Waals surface area contributed by atoms with Crippen molar-refractivity contribution in [3.8, 4) is 11.5 Å². The van der Waals surface area contributed by atoms with Gasteiger partial charge in [0.05, 0.1) is 4.92 Å². The van der Waals surface area contributed by atoms with Crippen LogP contribution < -0.4 is 4.74 Å². The molecule has 128 valence electrons. The number of non-ortho nitro benzene ring substituents is 1. The molecule has 0 saturated carbocycles. The van der Waals surface area contributed by atoms with Crippen LogP contribution in [-0.2, 0) is 4.57 Å². The van der Waals surface area contributed by atoms with Crippen LogP contribution in [0.1, 0.15) is 11.4 Å². The van der Waals surface area contributed by atoms with E-state index in [4.69, 9.17) is 14.5 Å². The molecule has 1 atom stereocenters. The molecular weight excluding hydrogens is 357 g/mol. The van der Waals surface area contributed by atoms with Crippen molar-refractivity contribution >= 4 is 25.0 Å². The molecule has 0 aliphatic heterocycles. The van der Waals surface area contributed by atoms with Crippen LogP contribution in [-0.4, -0.2) is 26.1 Å².